The average Bonchev–Trinajstić information content (AvgIpc) is 3.97. The van der Waals surface area contributed by atoms with Crippen molar-refractivity contribution in [3.05, 3.63) is 247 Å². The van der Waals surface area contributed by atoms with Crippen LogP contribution in [-0.2, 0) is 5.41 Å². The third-order valence-electron chi connectivity index (χ3n) is 13.3. The molecule has 0 bridgehead atoms. The molecule has 10 aromatic carbocycles. The summed E-state index contributed by atoms with van der Waals surface area (Å²) in [5.41, 5.74) is 19.9. The Balaban J connectivity index is 1.06. The summed E-state index contributed by atoms with van der Waals surface area (Å²) in [7, 11) is 0. The largest absolute Gasteiger partial charge is 0.455 e. The lowest BCUT2D eigenvalue weighted by Crippen LogP contribution is -2.26. The third kappa shape index (κ3) is 4.79. The van der Waals surface area contributed by atoms with Gasteiger partial charge in [0.05, 0.1) is 16.8 Å². The Morgan fingerprint density at radius 1 is 0.344 bits per heavy atom. The number of fused-ring (bicyclic) bond motifs is 15. The molecule has 0 fully saturated rings. The van der Waals surface area contributed by atoms with Crippen LogP contribution < -0.4 is 4.90 Å². The Labute approximate surface area is 354 Å². The second-order valence-corrected chi connectivity index (χ2v) is 16.3. The predicted octanol–water partition coefficient (Wildman–Crippen LogP) is 15.9. The van der Waals surface area contributed by atoms with Crippen LogP contribution in [0.3, 0.4) is 0 Å². The first-order valence-electron chi connectivity index (χ1n) is 21.1. The molecule has 0 atom stereocenters. The fourth-order valence-corrected chi connectivity index (χ4v) is 10.7. The molecule has 1 heterocycles. The maximum Gasteiger partial charge on any atom is 0.143 e. The van der Waals surface area contributed by atoms with Gasteiger partial charge in [-0.3, -0.25) is 0 Å². The van der Waals surface area contributed by atoms with E-state index in [2.05, 4.69) is 223 Å². The molecule has 2 nitrogen and oxygen atoms in total. The first-order chi connectivity index (χ1) is 30.3. The van der Waals surface area contributed by atoms with Gasteiger partial charge in [-0.25, -0.2) is 0 Å². The van der Waals surface area contributed by atoms with Crippen LogP contribution >= 0.6 is 0 Å². The molecule has 0 saturated heterocycles. The molecule has 2 aliphatic carbocycles. The molecule has 13 rings (SSSR count). The van der Waals surface area contributed by atoms with Gasteiger partial charge in [-0.15, -0.1) is 0 Å². The van der Waals surface area contributed by atoms with Gasteiger partial charge in [-0.2, -0.15) is 0 Å². The molecule has 61 heavy (non-hydrogen) atoms. The monoisotopic (exact) mass is 775 g/mol. The highest BCUT2D eigenvalue weighted by Gasteiger charge is 2.52. The molecule has 0 amide bonds. The van der Waals surface area contributed by atoms with Crippen molar-refractivity contribution in [2.45, 2.75) is 5.41 Å². The first-order valence-corrected chi connectivity index (χ1v) is 21.1. The van der Waals surface area contributed by atoms with E-state index in [0.717, 1.165) is 60.9 Å². The van der Waals surface area contributed by atoms with Crippen LogP contribution in [0.2, 0.25) is 0 Å². The van der Waals surface area contributed by atoms with Gasteiger partial charge in [-0.05, 0) is 110 Å². The Kier molecular flexibility index (Phi) is 7.26. The van der Waals surface area contributed by atoms with Crippen molar-refractivity contribution < 1.29 is 4.42 Å². The summed E-state index contributed by atoms with van der Waals surface area (Å²) in [6.45, 7) is 0. The molecule has 0 radical (unpaired) electrons. The van der Waals surface area contributed by atoms with E-state index in [-0.39, 0.29) is 0 Å². The van der Waals surface area contributed by atoms with Crippen molar-refractivity contribution in [3.8, 4) is 44.5 Å². The molecule has 1 spiro atoms. The van der Waals surface area contributed by atoms with Crippen molar-refractivity contribution >= 4 is 49.8 Å². The lowest BCUT2D eigenvalue weighted by Gasteiger charge is -2.32. The van der Waals surface area contributed by atoms with Crippen LogP contribution in [0, 0.1) is 0 Å². The average molecular weight is 776 g/mol. The molecule has 0 saturated carbocycles. The molecule has 284 valence electrons. The van der Waals surface area contributed by atoms with Gasteiger partial charge < -0.3 is 9.32 Å². The van der Waals surface area contributed by atoms with E-state index >= 15 is 0 Å². The van der Waals surface area contributed by atoms with Gasteiger partial charge in [0.2, 0.25) is 0 Å². The lowest BCUT2D eigenvalue weighted by molar-refractivity contribution is 0.672. The van der Waals surface area contributed by atoms with Crippen LogP contribution in [0.5, 0.6) is 0 Å². The molecule has 0 unspecified atom stereocenters. The normalized spacial score (nSPS) is 13.0. The standard InChI is InChI=1S/C59H37NO/c1-2-15-38(16-3-1)39-29-33-42(34-30-39)60(54-26-12-7-17-43(54)40-31-35-44-41(37-40)32-36-48-47-20-8-13-28-56(47)61-58(44)48)55-27-14-25-53-57(55)49-21-6-11-24-52(49)59(53)50-22-9-4-18-45(50)46-19-5-10-23-51(46)59/h1-37H. The molecule has 2 heteroatoms. The lowest BCUT2D eigenvalue weighted by atomic mass is 9.70. The molecular formula is C59H37NO. The third-order valence-corrected chi connectivity index (χ3v) is 13.3. The molecule has 11 aromatic rings. The van der Waals surface area contributed by atoms with E-state index in [1.807, 2.05) is 6.07 Å². The predicted molar refractivity (Wildman–Crippen MR) is 253 cm³/mol. The Morgan fingerprint density at radius 2 is 0.902 bits per heavy atom. The van der Waals surface area contributed by atoms with E-state index < -0.39 is 5.41 Å². The zero-order valence-electron chi connectivity index (χ0n) is 33.2. The number of rotatable bonds is 5. The number of hydrogen-bond acceptors (Lipinski definition) is 2. The van der Waals surface area contributed by atoms with Gasteiger partial charge in [0.15, 0.2) is 0 Å². The van der Waals surface area contributed by atoms with E-state index in [1.165, 1.54) is 55.6 Å². The summed E-state index contributed by atoms with van der Waals surface area (Å²) in [5, 5.41) is 4.55. The second kappa shape index (κ2) is 13.0. The zero-order chi connectivity index (χ0) is 40.1. The van der Waals surface area contributed by atoms with Crippen LogP contribution in [0.15, 0.2) is 229 Å². The fourth-order valence-electron chi connectivity index (χ4n) is 10.7. The number of furan rings is 1. The SMILES string of the molecule is c1ccc(-c2ccc(N(c3ccccc3-c3ccc4c(ccc5c6ccccc6oc45)c3)c3cccc4c3-c3ccccc3C43c4ccccc4-c4ccccc43)cc2)cc1. The fraction of sp³-hybridized carbons (Fsp3) is 0.0169. The molecular weight excluding hydrogens is 739 g/mol. The molecule has 1 aromatic heterocycles. The van der Waals surface area contributed by atoms with Gasteiger partial charge in [0.25, 0.3) is 0 Å². The maximum atomic E-state index is 6.48. The Morgan fingerprint density at radius 3 is 1.67 bits per heavy atom. The minimum Gasteiger partial charge on any atom is -0.455 e. The van der Waals surface area contributed by atoms with Gasteiger partial charge >= 0.3 is 0 Å². The van der Waals surface area contributed by atoms with Gasteiger partial charge in [-0.1, -0.05) is 176 Å². The van der Waals surface area contributed by atoms with E-state index in [4.69, 9.17) is 4.42 Å². The van der Waals surface area contributed by atoms with Crippen LogP contribution in [-0.4, -0.2) is 0 Å². The van der Waals surface area contributed by atoms with E-state index in [9.17, 15) is 0 Å². The summed E-state index contributed by atoms with van der Waals surface area (Å²) in [4.78, 5) is 2.50. The second-order valence-electron chi connectivity index (χ2n) is 16.3. The van der Waals surface area contributed by atoms with E-state index in [0.29, 0.717) is 0 Å². The summed E-state index contributed by atoms with van der Waals surface area (Å²) < 4.78 is 6.48. The number of anilines is 3. The quantitative estimate of drug-likeness (QED) is 0.173. The highest BCUT2D eigenvalue weighted by molar-refractivity contribution is 6.15. The highest BCUT2D eigenvalue weighted by Crippen LogP contribution is 2.64. The Hall–Kier alpha value is -7.94. The van der Waals surface area contributed by atoms with Crippen molar-refractivity contribution in [1.82, 2.24) is 0 Å². The number of benzene rings is 10. The van der Waals surface area contributed by atoms with Crippen LogP contribution in [0.25, 0.3) is 77.2 Å². The molecule has 0 N–H and O–H groups in total. The first kappa shape index (κ1) is 34.0. The van der Waals surface area contributed by atoms with Crippen molar-refractivity contribution in [2.24, 2.45) is 0 Å². The maximum absolute atomic E-state index is 6.48. The topological polar surface area (TPSA) is 16.4 Å². The molecule has 0 aliphatic heterocycles. The van der Waals surface area contributed by atoms with Crippen molar-refractivity contribution in [3.63, 3.8) is 0 Å². The van der Waals surface area contributed by atoms with Crippen molar-refractivity contribution in [2.75, 3.05) is 4.90 Å². The highest BCUT2D eigenvalue weighted by atomic mass is 16.3. The minimum absolute atomic E-state index is 0.447. The molecule has 2 aliphatic rings. The van der Waals surface area contributed by atoms with Crippen LogP contribution in [0.1, 0.15) is 22.3 Å². The summed E-state index contributed by atoms with van der Waals surface area (Å²) >= 11 is 0. The number of nitrogens with zero attached hydrogens (tertiary/aromatic N) is 1. The van der Waals surface area contributed by atoms with Crippen molar-refractivity contribution in [1.29, 1.82) is 0 Å². The zero-order valence-corrected chi connectivity index (χ0v) is 33.2. The smallest absolute Gasteiger partial charge is 0.143 e. The Bertz CT molecular complexity index is 3490. The van der Waals surface area contributed by atoms with E-state index in [1.54, 1.807) is 0 Å². The van der Waals surface area contributed by atoms with Gasteiger partial charge in [0, 0.05) is 33.0 Å². The van der Waals surface area contributed by atoms with Crippen LogP contribution in [0.4, 0.5) is 17.1 Å². The summed E-state index contributed by atoms with van der Waals surface area (Å²) in [6, 6.07) is 82.3. The van der Waals surface area contributed by atoms with Gasteiger partial charge in [0.1, 0.15) is 11.2 Å². The minimum atomic E-state index is -0.447. The summed E-state index contributed by atoms with van der Waals surface area (Å²) in [6.07, 6.45) is 0. The number of para-hydroxylation sites is 2. The number of hydrogen-bond donors (Lipinski definition) is 0. The summed E-state index contributed by atoms with van der Waals surface area (Å²) in [5.74, 6) is 0.